The Hall–Kier alpha value is -4.26. The van der Waals surface area contributed by atoms with Gasteiger partial charge in [-0.25, -0.2) is 13.4 Å². The zero-order chi connectivity index (χ0) is 32.7. The van der Waals surface area contributed by atoms with E-state index >= 15 is 0 Å². The maximum atomic E-state index is 14.0. The van der Waals surface area contributed by atoms with Gasteiger partial charge in [0.15, 0.2) is 6.61 Å². The third-order valence-electron chi connectivity index (χ3n) is 7.21. The van der Waals surface area contributed by atoms with Gasteiger partial charge in [-0.05, 0) is 61.1 Å². The number of aliphatic hydroxyl groups excluding tert-OH is 1. The molecule has 0 bridgehead atoms. The maximum absolute atomic E-state index is 14.0. The Morgan fingerprint density at radius 2 is 1.69 bits per heavy atom. The third kappa shape index (κ3) is 8.90. The number of aliphatic hydroxyl groups is 1. The molecule has 0 saturated carbocycles. The molecule has 4 rings (SSSR count). The number of nitrogens with zero attached hydrogens (tertiary/aromatic N) is 2. The van der Waals surface area contributed by atoms with Crippen LogP contribution in [0.25, 0.3) is 11.0 Å². The van der Waals surface area contributed by atoms with Crippen molar-refractivity contribution in [1.82, 2.24) is 19.6 Å². The maximum Gasteiger partial charge on any atom is 0.258 e. The van der Waals surface area contributed by atoms with Gasteiger partial charge in [-0.3, -0.25) is 14.9 Å². The molecule has 0 saturated heterocycles. The number of carbonyl (C=O) groups excluding carboxylic acids is 2. The van der Waals surface area contributed by atoms with Crippen molar-refractivity contribution in [3.8, 4) is 5.75 Å². The van der Waals surface area contributed by atoms with Crippen LogP contribution in [-0.2, 0) is 26.0 Å². The number of aromatic nitrogens is 2. The predicted molar refractivity (Wildman–Crippen MR) is 173 cm³/mol. The average Bonchev–Trinajstić information content (AvgIpc) is 3.37. The van der Waals surface area contributed by atoms with Crippen LogP contribution >= 0.6 is 0 Å². The van der Waals surface area contributed by atoms with Crippen LogP contribution in [-0.4, -0.2) is 71.5 Å². The summed E-state index contributed by atoms with van der Waals surface area (Å²) in [5.74, 6) is 0.0359. The van der Waals surface area contributed by atoms with E-state index < -0.39 is 28.1 Å². The molecule has 2 atom stereocenters. The second-order valence-electron chi connectivity index (χ2n) is 11.6. The first-order chi connectivity index (χ1) is 21.3. The highest BCUT2D eigenvalue weighted by molar-refractivity contribution is 7.89. The van der Waals surface area contributed by atoms with Crippen LogP contribution in [0.4, 0.5) is 5.95 Å². The smallest absolute Gasteiger partial charge is 0.258 e. The summed E-state index contributed by atoms with van der Waals surface area (Å²) in [5, 5.41) is 17.0. The van der Waals surface area contributed by atoms with Crippen molar-refractivity contribution in [1.29, 1.82) is 0 Å². The number of nitrogens with one attached hydrogen (secondary N) is 3. The van der Waals surface area contributed by atoms with Gasteiger partial charge in [-0.1, -0.05) is 62.4 Å². The Balaban J connectivity index is 1.56. The lowest BCUT2D eigenvalue weighted by molar-refractivity contribution is -0.124. The highest BCUT2D eigenvalue weighted by Crippen LogP contribution is 2.24. The lowest BCUT2D eigenvalue weighted by atomic mass is 10.0. The fourth-order valence-corrected chi connectivity index (χ4v) is 6.75. The van der Waals surface area contributed by atoms with Crippen LogP contribution in [0.5, 0.6) is 5.75 Å². The summed E-state index contributed by atoms with van der Waals surface area (Å²) in [4.78, 5) is 31.7. The fourth-order valence-electron chi connectivity index (χ4n) is 5.10. The van der Waals surface area contributed by atoms with E-state index in [-0.39, 0.29) is 48.8 Å². The summed E-state index contributed by atoms with van der Waals surface area (Å²) in [6.45, 7) is 8.55. The van der Waals surface area contributed by atoms with Crippen molar-refractivity contribution < 1.29 is 27.9 Å². The summed E-state index contributed by atoms with van der Waals surface area (Å²) in [6.07, 6.45) is -0.969. The molecule has 4 aromatic rings. The van der Waals surface area contributed by atoms with Crippen molar-refractivity contribution in [2.75, 3.05) is 25.0 Å². The van der Waals surface area contributed by atoms with E-state index in [9.17, 15) is 23.1 Å². The highest BCUT2D eigenvalue weighted by Gasteiger charge is 2.32. The first-order valence-corrected chi connectivity index (χ1v) is 16.3. The molecule has 11 nitrogen and oxygen atoms in total. The lowest BCUT2D eigenvalue weighted by Crippen LogP contribution is -2.52. The van der Waals surface area contributed by atoms with E-state index in [0.717, 1.165) is 16.7 Å². The van der Waals surface area contributed by atoms with Gasteiger partial charge in [0.1, 0.15) is 5.75 Å². The number of hydrogen-bond acceptors (Lipinski definition) is 7. The number of benzene rings is 3. The molecule has 45 heavy (non-hydrogen) atoms. The van der Waals surface area contributed by atoms with Gasteiger partial charge in [0.2, 0.25) is 21.9 Å². The second kappa shape index (κ2) is 14.7. The van der Waals surface area contributed by atoms with Crippen molar-refractivity contribution in [2.45, 2.75) is 58.1 Å². The minimum atomic E-state index is -4.09. The van der Waals surface area contributed by atoms with E-state index in [0.29, 0.717) is 16.8 Å². The van der Waals surface area contributed by atoms with E-state index in [1.54, 1.807) is 6.07 Å². The number of carbonyl (C=O) groups is 2. The van der Waals surface area contributed by atoms with E-state index in [1.165, 1.54) is 23.4 Å². The number of amides is 2. The molecule has 12 heteroatoms. The number of H-pyrrole nitrogens is 1. The SMILES string of the molecule is CC(=O)Nc1nc2ccc(S(=O)(=O)N(CC(C)C)C[C@@H](O)[C@H](Cc3ccccc3)NC(=O)COc3c(C)cccc3C)cc2[nH]1. The van der Waals surface area contributed by atoms with E-state index in [4.69, 9.17) is 4.74 Å². The third-order valence-corrected chi connectivity index (χ3v) is 9.04. The Bertz CT molecular complexity index is 1720. The molecule has 3 aromatic carbocycles. The van der Waals surface area contributed by atoms with Crippen LogP contribution < -0.4 is 15.4 Å². The van der Waals surface area contributed by atoms with Gasteiger partial charge in [0, 0.05) is 20.0 Å². The van der Waals surface area contributed by atoms with Gasteiger partial charge in [-0.15, -0.1) is 0 Å². The number of ether oxygens (including phenoxy) is 1. The number of hydrogen-bond donors (Lipinski definition) is 4. The summed E-state index contributed by atoms with van der Waals surface area (Å²) in [7, 11) is -4.09. The molecule has 0 radical (unpaired) electrons. The first kappa shape index (κ1) is 33.6. The number of sulfonamides is 1. The van der Waals surface area contributed by atoms with E-state index in [1.807, 2.05) is 76.2 Å². The number of para-hydroxylation sites is 1. The van der Waals surface area contributed by atoms with Gasteiger partial charge < -0.3 is 20.1 Å². The van der Waals surface area contributed by atoms with Crippen LogP contribution in [0.3, 0.4) is 0 Å². The Kier molecular flexibility index (Phi) is 11.0. The number of fused-ring (bicyclic) bond motifs is 1. The molecular weight excluding hydrogens is 594 g/mol. The zero-order valence-electron chi connectivity index (χ0n) is 26.2. The number of anilines is 1. The number of rotatable bonds is 14. The molecule has 2 amide bonds. The van der Waals surface area contributed by atoms with Crippen molar-refractivity contribution in [3.05, 3.63) is 83.4 Å². The minimum Gasteiger partial charge on any atom is -0.483 e. The Morgan fingerprint density at radius 1 is 1.00 bits per heavy atom. The number of aryl methyl sites for hydroxylation is 2. The van der Waals surface area contributed by atoms with Crippen LogP contribution in [0.2, 0.25) is 0 Å². The Labute approximate surface area is 264 Å². The average molecular weight is 636 g/mol. The number of aromatic amines is 1. The summed E-state index contributed by atoms with van der Waals surface area (Å²) >= 11 is 0. The summed E-state index contributed by atoms with van der Waals surface area (Å²) in [6, 6.07) is 18.7. The van der Waals surface area contributed by atoms with Gasteiger partial charge in [-0.2, -0.15) is 4.31 Å². The molecule has 0 aliphatic heterocycles. The Morgan fingerprint density at radius 3 is 2.33 bits per heavy atom. The van der Waals surface area contributed by atoms with Crippen molar-refractivity contribution in [2.24, 2.45) is 5.92 Å². The minimum absolute atomic E-state index is 0.00604. The molecule has 1 aromatic heterocycles. The van der Waals surface area contributed by atoms with E-state index in [2.05, 4.69) is 20.6 Å². The predicted octanol–water partition coefficient (Wildman–Crippen LogP) is 3.95. The van der Waals surface area contributed by atoms with Crippen LogP contribution in [0.15, 0.2) is 71.6 Å². The fraction of sp³-hybridized carbons (Fsp3) is 0.364. The molecular formula is C33H41N5O6S. The first-order valence-electron chi connectivity index (χ1n) is 14.8. The standard InChI is InChI=1S/C33H41N5O6S/c1-21(2)18-38(45(42,43)26-14-15-27-28(17-26)37-33(36-27)34-24(5)39)19-30(40)29(16-25-12-7-6-8-13-25)35-31(41)20-44-32-22(3)10-9-11-23(32)4/h6-15,17,21,29-30,40H,16,18-20H2,1-5H3,(H,35,41)(H2,34,36,37,39)/t29-,30+/m0/s1. The van der Waals surface area contributed by atoms with Gasteiger partial charge in [0.05, 0.1) is 28.1 Å². The molecule has 0 unspecified atom stereocenters. The molecule has 0 spiro atoms. The molecule has 0 aliphatic rings. The second-order valence-corrected chi connectivity index (χ2v) is 13.5. The van der Waals surface area contributed by atoms with Crippen LogP contribution in [0.1, 0.15) is 37.5 Å². The molecule has 0 fully saturated rings. The van der Waals surface area contributed by atoms with Crippen LogP contribution in [0, 0.1) is 19.8 Å². The molecule has 4 N–H and O–H groups in total. The zero-order valence-corrected chi connectivity index (χ0v) is 27.0. The summed E-state index contributed by atoms with van der Waals surface area (Å²) in [5.41, 5.74) is 3.59. The highest BCUT2D eigenvalue weighted by atomic mass is 32.2. The normalized spacial score (nSPS) is 13.2. The topological polar surface area (TPSA) is 154 Å². The van der Waals surface area contributed by atoms with Crippen molar-refractivity contribution >= 4 is 38.8 Å². The van der Waals surface area contributed by atoms with Crippen molar-refractivity contribution in [3.63, 3.8) is 0 Å². The monoisotopic (exact) mass is 635 g/mol. The number of imidazole rings is 1. The summed E-state index contributed by atoms with van der Waals surface area (Å²) < 4.78 is 35.0. The van der Waals surface area contributed by atoms with Gasteiger partial charge >= 0.3 is 0 Å². The molecule has 1 heterocycles. The molecule has 240 valence electrons. The largest absolute Gasteiger partial charge is 0.483 e. The lowest BCUT2D eigenvalue weighted by Gasteiger charge is -2.30. The quantitative estimate of drug-likeness (QED) is 0.164. The molecule has 0 aliphatic carbocycles. The van der Waals surface area contributed by atoms with Gasteiger partial charge in [0.25, 0.3) is 5.91 Å².